The number of carbonyl (C=O) groups is 1. The van der Waals surface area contributed by atoms with Crippen molar-refractivity contribution in [2.45, 2.75) is 6.54 Å². The number of rotatable bonds is 6. The highest BCUT2D eigenvalue weighted by Crippen LogP contribution is 2.34. The van der Waals surface area contributed by atoms with Gasteiger partial charge in [0.25, 0.3) is 11.6 Å². The van der Waals surface area contributed by atoms with E-state index in [2.05, 4.69) is 10.2 Å². The number of thioether (sulfide) groups is 1. The van der Waals surface area contributed by atoms with Crippen molar-refractivity contribution in [2.75, 3.05) is 0 Å². The van der Waals surface area contributed by atoms with E-state index in [1.807, 2.05) is 23.6 Å². The van der Waals surface area contributed by atoms with Gasteiger partial charge in [-0.15, -0.1) is 16.4 Å². The molecule has 30 heavy (non-hydrogen) atoms. The molecular weight excluding hydrogens is 424 g/mol. The number of nitro groups is 1. The SMILES string of the molecule is O=C1/C(=C/c2cccs2)S/C(=N\N=C\c2cccc([N+](=O)[O-])c2)N1Cc1ccco1. The largest absolute Gasteiger partial charge is 0.467 e. The van der Waals surface area contributed by atoms with Gasteiger partial charge in [0.05, 0.1) is 28.9 Å². The molecule has 0 N–H and O–H groups in total. The van der Waals surface area contributed by atoms with Crippen LogP contribution < -0.4 is 0 Å². The quantitative estimate of drug-likeness (QED) is 0.239. The van der Waals surface area contributed by atoms with Crippen molar-refractivity contribution in [3.8, 4) is 0 Å². The molecule has 1 amide bonds. The number of hydrogen-bond donors (Lipinski definition) is 0. The molecule has 2 aromatic heterocycles. The molecule has 0 radical (unpaired) electrons. The summed E-state index contributed by atoms with van der Waals surface area (Å²) in [6.07, 6.45) is 4.78. The van der Waals surface area contributed by atoms with Crippen molar-refractivity contribution in [3.05, 3.63) is 91.4 Å². The second-order valence-corrected chi connectivity index (χ2v) is 8.06. The highest BCUT2D eigenvalue weighted by Gasteiger charge is 2.34. The average Bonchev–Trinajstić information content (AvgIpc) is 3.49. The van der Waals surface area contributed by atoms with Gasteiger partial charge in [-0.1, -0.05) is 18.2 Å². The summed E-state index contributed by atoms with van der Waals surface area (Å²) in [7, 11) is 0. The van der Waals surface area contributed by atoms with Crippen LogP contribution >= 0.6 is 23.1 Å². The normalized spacial score (nSPS) is 16.9. The van der Waals surface area contributed by atoms with E-state index < -0.39 is 4.92 Å². The molecule has 0 atom stereocenters. The van der Waals surface area contributed by atoms with Gasteiger partial charge in [-0.2, -0.15) is 5.10 Å². The van der Waals surface area contributed by atoms with Crippen LogP contribution in [0.3, 0.4) is 0 Å². The summed E-state index contributed by atoms with van der Waals surface area (Å²) < 4.78 is 5.36. The molecule has 1 aliphatic heterocycles. The highest BCUT2D eigenvalue weighted by molar-refractivity contribution is 8.18. The van der Waals surface area contributed by atoms with Crippen LogP contribution in [-0.2, 0) is 11.3 Å². The fraction of sp³-hybridized carbons (Fsp3) is 0.0500. The maximum absolute atomic E-state index is 12.9. The Morgan fingerprint density at radius 1 is 1.20 bits per heavy atom. The number of amides is 1. The van der Waals surface area contributed by atoms with Crippen LogP contribution in [0, 0.1) is 10.1 Å². The van der Waals surface area contributed by atoms with Crippen molar-refractivity contribution in [1.29, 1.82) is 0 Å². The summed E-state index contributed by atoms with van der Waals surface area (Å²) in [5, 5.41) is 21.5. The van der Waals surface area contributed by atoms with Crippen LogP contribution in [0.5, 0.6) is 0 Å². The second kappa shape index (κ2) is 8.89. The van der Waals surface area contributed by atoms with Gasteiger partial charge >= 0.3 is 0 Å². The Hall–Kier alpha value is -3.50. The number of hydrogen-bond acceptors (Lipinski definition) is 8. The molecule has 3 aromatic rings. The molecule has 0 aliphatic carbocycles. The molecule has 0 saturated carbocycles. The monoisotopic (exact) mass is 438 g/mol. The number of thiophene rings is 1. The van der Waals surface area contributed by atoms with Crippen LogP contribution in [0.1, 0.15) is 16.2 Å². The Bertz CT molecular complexity index is 1150. The zero-order valence-electron chi connectivity index (χ0n) is 15.4. The van der Waals surface area contributed by atoms with E-state index in [0.29, 0.717) is 21.4 Å². The predicted molar refractivity (Wildman–Crippen MR) is 117 cm³/mol. The molecule has 1 aliphatic rings. The van der Waals surface area contributed by atoms with Gasteiger partial charge in [-0.05, 0) is 41.4 Å². The molecular formula is C20H14N4O4S2. The fourth-order valence-corrected chi connectivity index (χ4v) is 4.30. The van der Waals surface area contributed by atoms with E-state index in [4.69, 9.17) is 4.42 Å². The van der Waals surface area contributed by atoms with Crippen molar-refractivity contribution in [2.24, 2.45) is 10.2 Å². The first-order chi connectivity index (χ1) is 14.6. The van der Waals surface area contributed by atoms with Gasteiger partial charge in [0.2, 0.25) is 0 Å². The van der Waals surface area contributed by atoms with Crippen LogP contribution in [0.25, 0.3) is 6.08 Å². The highest BCUT2D eigenvalue weighted by atomic mass is 32.2. The minimum atomic E-state index is -0.471. The molecule has 0 bridgehead atoms. The number of non-ortho nitro benzene ring substituents is 1. The minimum absolute atomic E-state index is 0.0300. The molecule has 0 unspecified atom stereocenters. The van der Waals surface area contributed by atoms with Gasteiger partial charge in [0.1, 0.15) is 5.76 Å². The minimum Gasteiger partial charge on any atom is -0.467 e. The Kier molecular flexibility index (Phi) is 5.87. The van der Waals surface area contributed by atoms with E-state index in [1.165, 1.54) is 46.3 Å². The number of nitro benzene ring substituents is 1. The van der Waals surface area contributed by atoms with Crippen molar-refractivity contribution < 1.29 is 14.1 Å². The maximum Gasteiger partial charge on any atom is 0.270 e. The first-order valence-corrected chi connectivity index (χ1v) is 10.4. The number of nitrogens with zero attached hydrogens (tertiary/aromatic N) is 4. The van der Waals surface area contributed by atoms with Gasteiger partial charge in [-0.25, -0.2) is 0 Å². The molecule has 3 heterocycles. The summed E-state index contributed by atoms with van der Waals surface area (Å²) >= 11 is 2.76. The third kappa shape index (κ3) is 4.56. The lowest BCUT2D eigenvalue weighted by Crippen LogP contribution is -2.28. The van der Waals surface area contributed by atoms with Gasteiger partial charge in [0, 0.05) is 22.6 Å². The summed E-state index contributed by atoms with van der Waals surface area (Å²) in [6, 6.07) is 13.4. The molecule has 1 fully saturated rings. The Morgan fingerprint density at radius 3 is 2.83 bits per heavy atom. The smallest absolute Gasteiger partial charge is 0.270 e. The third-order valence-corrected chi connectivity index (χ3v) is 5.85. The first-order valence-electron chi connectivity index (χ1n) is 8.73. The number of amidine groups is 1. The van der Waals surface area contributed by atoms with Crippen LogP contribution in [-0.4, -0.2) is 27.1 Å². The average molecular weight is 438 g/mol. The summed E-state index contributed by atoms with van der Waals surface area (Å²) in [6.45, 7) is 0.228. The van der Waals surface area contributed by atoms with Crippen LogP contribution in [0.15, 0.2) is 79.7 Å². The van der Waals surface area contributed by atoms with E-state index in [1.54, 1.807) is 30.5 Å². The van der Waals surface area contributed by atoms with Gasteiger partial charge in [-0.3, -0.25) is 19.8 Å². The zero-order chi connectivity index (χ0) is 20.9. The molecule has 1 aromatic carbocycles. The molecule has 4 rings (SSSR count). The van der Waals surface area contributed by atoms with Crippen molar-refractivity contribution in [1.82, 2.24) is 4.90 Å². The summed E-state index contributed by atoms with van der Waals surface area (Å²) in [5.74, 6) is 0.436. The van der Waals surface area contributed by atoms with E-state index >= 15 is 0 Å². The molecule has 8 nitrogen and oxygen atoms in total. The molecule has 150 valence electrons. The lowest BCUT2D eigenvalue weighted by Gasteiger charge is -2.12. The number of carbonyl (C=O) groups excluding carboxylic acids is 1. The second-order valence-electron chi connectivity index (χ2n) is 6.08. The maximum atomic E-state index is 12.9. The zero-order valence-corrected chi connectivity index (χ0v) is 17.0. The van der Waals surface area contributed by atoms with Crippen molar-refractivity contribution >= 4 is 52.2 Å². The summed E-state index contributed by atoms with van der Waals surface area (Å²) in [4.78, 5) is 26.3. The number of furan rings is 1. The Labute approximate surface area is 179 Å². The molecule has 10 heteroatoms. The third-order valence-electron chi connectivity index (χ3n) is 4.03. The number of benzene rings is 1. The Balaban J connectivity index is 1.60. The summed E-state index contributed by atoms with van der Waals surface area (Å²) in [5.41, 5.74) is 0.507. The predicted octanol–water partition coefficient (Wildman–Crippen LogP) is 4.76. The van der Waals surface area contributed by atoms with Crippen LogP contribution in [0.4, 0.5) is 5.69 Å². The van der Waals surface area contributed by atoms with E-state index in [0.717, 1.165) is 4.88 Å². The lowest BCUT2D eigenvalue weighted by atomic mass is 10.2. The van der Waals surface area contributed by atoms with Crippen LogP contribution in [0.2, 0.25) is 0 Å². The topological polar surface area (TPSA) is 101 Å². The van der Waals surface area contributed by atoms with E-state index in [9.17, 15) is 14.9 Å². The van der Waals surface area contributed by atoms with Gasteiger partial charge < -0.3 is 4.42 Å². The fourth-order valence-electron chi connectivity index (χ4n) is 2.65. The first kappa shape index (κ1) is 19.8. The van der Waals surface area contributed by atoms with Crippen molar-refractivity contribution in [3.63, 3.8) is 0 Å². The Morgan fingerprint density at radius 2 is 2.10 bits per heavy atom. The molecule has 1 saturated heterocycles. The molecule has 0 spiro atoms. The lowest BCUT2D eigenvalue weighted by molar-refractivity contribution is -0.384. The standard InChI is InChI=1S/C20H14N4O4S2/c25-19-18(11-17-7-3-9-29-17)30-20(23(19)13-16-6-2-8-28-16)22-21-12-14-4-1-5-15(10-14)24(26)27/h1-12H,13H2/b18-11-,21-12+,22-20-. The van der Waals surface area contributed by atoms with E-state index in [-0.39, 0.29) is 18.1 Å². The van der Waals surface area contributed by atoms with Gasteiger partial charge in [0.15, 0.2) is 5.17 Å².